The Balaban J connectivity index is 1.63. The van der Waals surface area contributed by atoms with Gasteiger partial charge in [0.1, 0.15) is 0 Å². The van der Waals surface area contributed by atoms with E-state index in [2.05, 4.69) is 27.5 Å². The molecule has 0 atom stereocenters. The van der Waals surface area contributed by atoms with Crippen LogP contribution in [0.15, 0.2) is 42.6 Å². The highest BCUT2D eigenvalue weighted by molar-refractivity contribution is 5.70. The van der Waals surface area contributed by atoms with E-state index in [4.69, 9.17) is 10.2 Å². The zero-order valence-corrected chi connectivity index (χ0v) is 14.0. The first-order valence-corrected chi connectivity index (χ1v) is 8.71. The molecule has 0 spiro atoms. The lowest BCUT2D eigenvalue weighted by molar-refractivity contribution is 0.726. The van der Waals surface area contributed by atoms with Gasteiger partial charge in [0.05, 0.1) is 17.3 Å². The summed E-state index contributed by atoms with van der Waals surface area (Å²) in [4.78, 5) is 7.11. The Labute approximate surface area is 146 Å². The summed E-state index contributed by atoms with van der Waals surface area (Å²) in [5.41, 5.74) is 3.52. The number of hydrogen-bond donors (Lipinski definition) is 1. The topological polar surface area (TPSA) is 69.2 Å². The lowest BCUT2D eigenvalue weighted by atomic mass is 10.2. The van der Waals surface area contributed by atoms with E-state index in [0.717, 1.165) is 30.1 Å². The molecule has 1 fully saturated rings. The molecule has 0 saturated carbocycles. The van der Waals surface area contributed by atoms with Gasteiger partial charge in [-0.1, -0.05) is 12.8 Å². The Morgan fingerprint density at radius 2 is 1.76 bits per heavy atom. The zero-order chi connectivity index (χ0) is 17.1. The number of nitriles is 1. The van der Waals surface area contributed by atoms with Crippen molar-refractivity contribution < 1.29 is 0 Å². The van der Waals surface area contributed by atoms with Crippen LogP contribution in [0, 0.1) is 11.3 Å². The molecule has 1 aliphatic heterocycles. The summed E-state index contributed by atoms with van der Waals surface area (Å²) in [7, 11) is 0. The predicted molar refractivity (Wildman–Crippen MR) is 98.1 cm³/mol. The smallest absolute Gasteiger partial charge is 0.247 e. The van der Waals surface area contributed by atoms with Crippen LogP contribution in [-0.2, 0) is 0 Å². The molecule has 1 aromatic carbocycles. The van der Waals surface area contributed by atoms with Gasteiger partial charge in [0.2, 0.25) is 5.95 Å². The average molecular weight is 332 g/mol. The van der Waals surface area contributed by atoms with E-state index in [1.54, 1.807) is 12.1 Å². The van der Waals surface area contributed by atoms with Gasteiger partial charge in [0.15, 0.2) is 5.65 Å². The maximum Gasteiger partial charge on any atom is 0.247 e. The van der Waals surface area contributed by atoms with Crippen molar-refractivity contribution in [3.05, 3.63) is 48.2 Å². The number of nitrogens with zero attached hydrogens (tertiary/aromatic N) is 5. The minimum atomic E-state index is 0.562. The normalized spacial score (nSPS) is 14.9. The predicted octanol–water partition coefficient (Wildman–Crippen LogP) is 3.72. The largest absolute Gasteiger partial charge is 0.368 e. The molecule has 3 heterocycles. The van der Waals surface area contributed by atoms with Crippen LogP contribution in [-0.4, -0.2) is 27.7 Å². The van der Waals surface area contributed by atoms with Gasteiger partial charge in [0.25, 0.3) is 0 Å². The van der Waals surface area contributed by atoms with Crippen molar-refractivity contribution in [1.29, 1.82) is 5.26 Å². The summed E-state index contributed by atoms with van der Waals surface area (Å²) in [6, 6.07) is 13.5. The Hall–Kier alpha value is -3.07. The molecule has 25 heavy (non-hydrogen) atoms. The molecular weight excluding hydrogens is 312 g/mol. The quantitative estimate of drug-likeness (QED) is 0.791. The van der Waals surface area contributed by atoms with Gasteiger partial charge in [0, 0.05) is 25.0 Å². The molecule has 0 bridgehead atoms. The minimum absolute atomic E-state index is 0.562. The highest BCUT2D eigenvalue weighted by atomic mass is 15.4. The minimum Gasteiger partial charge on any atom is -0.368 e. The second-order valence-corrected chi connectivity index (χ2v) is 6.31. The van der Waals surface area contributed by atoms with Gasteiger partial charge >= 0.3 is 0 Å². The van der Waals surface area contributed by atoms with E-state index < -0.39 is 0 Å². The van der Waals surface area contributed by atoms with Crippen LogP contribution in [0.4, 0.5) is 17.3 Å². The molecule has 0 amide bonds. The van der Waals surface area contributed by atoms with Crippen LogP contribution < -0.4 is 10.2 Å². The molecule has 6 nitrogen and oxygen atoms in total. The monoisotopic (exact) mass is 332 g/mol. The van der Waals surface area contributed by atoms with E-state index in [1.165, 1.54) is 25.7 Å². The number of anilines is 3. The third-order valence-electron chi connectivity index (χ3n) is 4.56. The van der Waals surface area contributed by atoms with Crippen molar-refractivity contribution in [2.45, 2.75) is 25.7 Å². The van der Waals surface area contributed by atoms with E-state index in [1.807, 2.05) is 28.9 Å². The summed E-state index contributed by atoms with van der Waals surface area (Å²) >= 11 is 0. The van der Waals surface area contributed by atoms with Gasteiger partial charge in [-0.2, -0.15) is 10.2 Å². The highest BCUT2D eigenvalue weighted by Gasteiger charge is 2.15. The van der Waals surface area contributed by atoms with Crippen molar-refractivity contribution in [2.24, 2.45) is 0 Å². The van der Waals surface area contributed by atoms with Crippen LogP contribution in [0.2, 0.25) is 0 Å². The molecule has 0 unspecified atom stereocenters. The fourth-order valence-electron chi connectivity index (χ4n) is 3.26. The van der Waals surface area contributed by atoms with E-state index >= 15 is 0 Å². The Morgan fingerprint density at radius 1 is 1.00 bits per heavy atom. The highest BCUT2D eigenvalue weighted by Crippen LogP contribution is 2.25. The molecule has 1 aliphatic rings. The summed E-state index contributed by atoms with van der Waals surface area (Å²) in [5, 5.41) is 16.6. The van der Waals surface area contributed by atoms with Gasteiger partial charge in [-0.3, -0.25) is 0 Å². The van der Waals surface area contributed by atoms with E-state index in [9.17, 15) is 0 Å². The molecule has 3 aromatic rings. The lowest BCUT2D eigenvalue weighted by Crippen LogP contribution is -2.24. The molecule has 0 radical (unpaired) electrons. The number of aromatic nitrogens is 3. The maximum absolute atomic E-state index is 8.88. The molecule has 126 valence electrons. The Kier molecular flexibility index (Phi) is 4.21. The number of nitrogens with one attached hydrogen (secondary N) is 1. The first-order chi connectivity index (χ1) is 12.3. The second-order valence-electron chi connectivity index (χ2n) is 6.31. The average Bonchev–Trinajstić information content (AvgIpc) is 2.87. The summed E-state index contributed by atoms with van der Waals surface area (Å²) in [5.74, 6) is 0.562. The van der Waals surface area contributed by atoms with Crippen LogP contribution >= 0.6 is 0 Å². The second kappa shape index (κ2) is 6.81. The van der Waals surface area contributed by atoms with Crippen molar-refractivity contribution in [2.75, 3.05) is 23.3 Å². The molecule has 1 N–H and O–H groups in total. The van der Waals surface area contributed by atoms with Crippen LogP contribution in [0.1, 0.15) is 31.2 Å². The molecule has 6 heteroatoms. The number of benzene rings is 1. The van der Waals surface area contributed by atoms with Crippen molar-refractivity contribution in [3.63, 3.8) is 0 Å². The maximum atomic E-state index is 8.88. The van der Waals surface area contributed by atoms with Gasteiger partial charge in [-0.05, 0) is 49.2 Å². The van der Waals surface area contributed by atoms with Crippen LogP contribution in [0.5, 0.6) is 0 Å². The fraction of sp³-hybridized carbons (Fsp3) is 0.316. The standard InChI is InChI=1S/C19H20N6/c20-14-15-7-9-16(10-8-15)21-19-22-18-17(6-5-13-25(18)23-19)24-11-3-1-2-4-12-24/h5-10,13H,1-4,11-12H2,(H,21,23). The van der Waals surface area contributed by atoms with Gasteiger partial charge < -0.3 is 10.2 Å². The van der Waals surface area contributed by atoms with Crippen molar-refractivity contribution >= 4 is 23.0 Å². The van der Waals surface area contributed by atoms with Crippen molar-refractivity contribution in [1.82, 2.24) is 14.6 Å². The number of pyridine rings is 1. The molecular formula is C19H20N6. The van der Waals surface area contributed by atoms with Gasteiger partial charge in [-0.15, -0.1) is 5.10 Å². The SMILES string of the molecule is N#Cc1ccc(Nc2nc3c(N4CCCCCC4)cccn3n2)cc1. The summed E-state index contributed by atoms with van der Waals surface area (Å²) < 4.78 is 1.83. The third-order valence-corrected chi connectivity index (χ3v) is 4.56. The number of rotatable bonds is 3. The molecule has 1 saturated heterocycles. The van der Waals surface area contributed by atoms with Crippen LogP contribution in [0.25, 0.3) is 5.65 Å². The number of hydrogen-bond acceptors (Lipinski definition) is 5. The van der Waals surface area contributed by atoms with Crippen molar-refractivity contribution in [3.8, 4) is 6.07 Å². The molecule has 2 aromatic heterocycles. The first kappa shape index (κ1) is 15.5. The summed E-state index contributed by atoms with van der Waals surface area (Å²) in [6.07, 6.45) is 6.99. The van der Waals surface area contributed by atoms with E-state index in [0.29, 0.717) is 11.5 Å². The van der Waals surface area contributed by atoms with E-state index in [-0.39, 0.29) is 0 Å². The number of fused-ring (bicyclic) bond motifs is 1. The fourth-order valence-corrected chi connectivity index (χ4v) is 3.26. The summed E-state index contributed by atoms with van der Waals surface area (Å²) in [6.45, 7) is 2.15. The Morgan fingerprint density at radius 3 is 2.48 bits per heavy atom. The zero-order valence-electron chi connectivity index (χ0n) is 14.0. The Bertz CT molecular complexity index is 898. The first-order valence-electron chi connectivity index (χ1n) is 8.71. The lowest BCUT2D eigenvalue weighted by Gasteiger charge is -2.22. The van der Waals surface area contributed by atoms with Crippen LogP contribution in [0.3, 0.4) is 0 Å². The van der Waals surface area contributed by atoms with Gasteiger partial charge in [-0.25, -0.2) is 4.52 Å². The molecule has 4 rings (SSSR count). The third kappa shape index (κ3) is 3.26. The molecule has 0 aliphatic carbocycles.